The quantitative estimate of drug-likeness (QED) is 0.386. The van der Waals surface area contributed by atoms with Crippen molar-refractivity contribution in [3.63, 3.8) is 0 Å². The van der Waals surface area contributed by atoms with Gasteiger partial charge in [-0.1, -0.05) is 17.7 Å². The number of halogens is 3. The van der Waals surface area contributed by atoms with Crippen LogP contribution in [0.1, 0.15) is 34.6 Å². The van der Waals surface area contributed by atoms with Gasteiger partial charge < -0.3 is 4.90 Å². The van der Waals surface area contributed by atoms with Crippen molar-refractivity contribution in [1.29, 1.82) is 0 Å². The van der Waals surface area contributed by atoms with Crippen LogP contribution in [-0.2, 0) is 13.5 Å². The van der Waals surface area contributed by atoms with E-state index in [1.165, 1.54) is 12.1 Å². The van der Waals surface area contributed by atoms with E-state index in [4.69, 9.17) is 11.6 Å². The number of amides is 1. The molecule has 1 atom stereocenters. The second-order valence-electron chi connectivity index (χ2n) is 7.89. The molecule has 2 aromatic carbocycles. The number of aryl methyl sites for hydroxylation is 1. The van der Waals surface area contributed by atoms with Crippen LogP contribution < -0.4 is 0 Å². The van der Waals surface area contributed by atoms with Gasteiger partial charge in [-0.25, -0.2) is 8.78 Å². The molecule has 1 aliphatic heterocycles. The van der Waals surface area contributed by atoms with Crippen molar-refractivity contribution in [3.05, 3.63) is 82.1 Å². The summed E-state index contributed by atoms with van der Waals surface area (Å²) in [7, 11) is 1.69. The van der Waals surface area contributed by atoms with Crippen molar-refractivity contribution in [2.75, 3.05) is 6.54 Å². The fourth-order valence-corrected chi connectivity index (χ4v) is 4.59. The number of carbonyl (C=O) groups is 1. The normalized spacial score (nSPS) is 15.8. The van der Waals surface area contributed by atoms with Crippen LogP contribution in [0, 0.1) is 11.6 Å². The first-order valence-electron chi connectivity index (χ1n) is 10.2. The summed E-state index contributed by atoms with van der Waals surface area (Å²) in [5, 5.41) is 5.20. The Balaban J connectivity index is 1.51. The summed E-state index contributed by atoms with van der Waals surface area (Å²) in [6, 6.07) is 11.7. The van der Waals surface area contributed by atoms with Gasteiger partial charge in [-0.3, -0.25) is 14.5 Å². The van der Waals surface area contributed by atoms with E-state index >= 15 is 0 Å². The van der Waals surface area contributed by atoms with Crippen molar-refractivity contribution in [2.24, 2.45) is 7.05 Å². The minimum absolute atomic E-state index is 0.107. The number of nitrogens with zero attached hydrogens (tertiary/aromatic N) is 4. The van der Waals surface area contributed by atoms with Crippen LogP contribution in [0.15, 0.2) is 48.7 Å². The predicted octanol–water partition coefficient (Wildman–Crippen LogP) is 5.33. The highest BCUT2D eigenvalue weighted by molar-refractivity contribution is 6.30. The molecule has 2 aromatic heterocycles. The maximum atomic E-state index is 14.7. The van der Waals surface area contributed by atoms with Crippen molar-refractivity contribution < 1.29 is 13.6 Å². The van der Waals surface area contributed by atoms with Gasteiger partial charge in [-0.2, -0.15) is 5.10 Å². The van der Waals surface area contributed by atoms with Gasteiger partial charge in [0.2, 0.25) is 0 Å². The van der Waals surface area contributed by atoms with Crippen molar-refractivity contribution in [2.45, 2.75) is 19.4 Å². The highest BCUT2D eigenvalue weighted by Gasteiger charge is 2.34. The molecule has 0 saturated carbocycles. The number of rotatable bonds is 2. The molecule has 8 heteroatoms. The number of aromatic nitrogens is 3. The lowest BCUT2D eigenvalue weighted by Crippen LogP contribution is -2.38. The number of hydrogen-bond acceptors (Lipinski definition) is 3. The number of pyridine rings is 1. The molecule has 0 radical (unpaired) electrons. The Morgan fingerprint density at radius 1 is 1.16 bits per heavy atom. The lowest BCUT2D eigenvalue weighted by Gasteiger charge is -2.33. The maximum absolute atomic E-state index is 14.7. The Hall–Kier alpha value is -3.32. The van der Waals surface area contributed by atoms with Gasteiger partial charge in [0.15, 0.2) is 11.6 Å². The van der Waals surface area contributed by atoms with Gasteiger partial charge >= 0.3 is 0 Å². The van der Waals surface area contributed by atoms with Crippen LogP contribution in [0.5, 0.6) is 0 Å². The molecule has 4 aromatic rings. The van der Waals surface area contributed by atoms with Gasteiger partial charge in [0.25, 0.3) is 5.91 Å². The van der Waals surface area contributed by atoms with Gasteiger partial charge in [0.05, 0.1) is 28.0 Å². The third-order valence-corrected chi connectivity index (χ3v) is 6.34. The summed E-state index contributed by atoms with van der Waals surface area (Å²) < 4.78 is 30.3. The summed E-state index contributed by atoms with van der Waals surface area (Å²) in [6.45, 7) is 2.34. The van der Waals surface area contributed by atoms with Crippen LogP contribution in [-0.4, -0.2) is 32.1 Å². The third-order valence-electron chi connectivity index (χ3n) is 6.04. The summed E-state index contributed by atoms with van der Waals surface area (Å²) in [4.78, 5) is 19.4. The predicted molar refractivity (Wildman–Crippen MR) is 118 cm³/mol. The first kappa shape index (κ1) is 20.6. The smallest absolute Gasteiger partial charge is 0.254 e. The Labute approximate surface area is 188 Å². The molecule has 5 rings (SSSR count). The van der Waals surface area contributed by atoms with Crippen molar-refractivity contribution in [1.82, 2.24) is 19.7 Å². The SMILES string of the molecule is C[C@H]1c2nn(C)c(-c3ccc(Cl)c(F)c3F)c2CCN1C(=O)c1ccc2ncccc2c1. The van der Waals surface area contributed by atoms with Crippen LogP contribution in [0.4, 0.5) is 8.78 Å². The molecule has 32 heavy (non-hydrogen) atoms. The van der Waals surface area contributed by atoms with E-state index in [1.54, 1.807) is 28.9 Å². The molecular weight excluding hydrogens is 434 g/mol. The molecule has 0 fully saturated rings. The fraction of sp³-hybridized carbons (Fsp3) is 0.208. The Morgan fingerprint density at radius 2 is 1.97 bits per heavy atom. The highest BCUT2D eigenvalue weighted by atomic mass is 35.5. The zero-order valence-electron chi connectivity index (χ0n) is 17.4. The van der Waals surface area contributed by atoms with Crippen LogP contribution in [0.3, 0.4) is 0 Å². The van der Waals surface area contributed by atoms with E-state index in [9.17, 15) is 13.6 Å². The molecule has 0 N–H and O–H groups in total. The van der Waals surface area contributed by atoms with E-state index in [0.717, 1.165) is 16.5 Å². The summed E-state index contributed by atoms with van der Waals surface area (Å²) >= 11 is 5.72. The van der Waals surface area contributed by atoms with E-state index < -0.39 is 11.6 Å². The number of benzene rings is 2. The minimum atomic E-state index is -1.08. The maximum Gasteiger partial charge on any atom is 0.254 e. The largest absolute Gasteiger partial charge is 0.330 e. The van der Waals surface area contributed by atoms with E-state index in [1.807, 2.05) is 31.2 Å². The third kappa shape index (κ3) is 3.15. The standard InChI is InChI=1S/C24H19ClF2N4O/c1-13-22-17(23(30(2)29-22)16-6-7-18(25)21(27)20(16)26)9-11-31(13)24(32)15-5-8-19-14(12-15)4-3-10-28-19/h3-8,10,12-13H,9,11H2,1-2H3/t13-/m0/s1. The molecule has 1 amide bonds. The lowest BCUT2D eigenvalue weighted by atomic mass is 9.94. The van der Waals surface area contributed by atoms with Crippen molar-refractivity contribution in [3.8, 4) is 11.3 Å². The second kappa shape index (κ2) is 7.67. The molecule has 1 aliphatic rings. The van der Waals surface area contributed by atoms with Gasteiger partial charge in [0, 0.05) is 41.9 Å². The van der Waals surface area contributed by atoms with E-state index in [0.29, 0.717) is 29.9 Å². The van der Waals surface area contributed by atoms with Gasteiger partial charge in [0.1, 0.15) is 0 Å². The monoisotopic (exact) mass is 452 g/mol. The molecule has 0 spiro atoms. The number of fused-ring (bicyclic) bond motifs is 2. The van der Waals surface area contributed by atoms with Gasteiger partial charge in [-0.05, 0) is 49.7 Å². The average Bonchev–Trinajstić information content (AvgIpc) is 3.14. The highest BCUT2D eigenvalue weighted by Crippen LogP contribution is 2.38. The van der Waals surface area contributed by atoms with Crippen LogP contribution >= 0.6 is 11.6 Å². The number of hydrogen-bond donors (Lipinski definition) is 0. The average molecular weight is 453 g/mol. The molecule has 0 bridgehead atoms. The van der Waals surface area contributed by atoms with Crippen LogP contribution in [0.2, 0.25) is 5.02 Å². The summed E-state index contributed by atoms with van der Waals surface area (Å²) in [5.74, 6) is -2.19. The molecular formula is C24H19ClF2N4O. The molecule has 0 saturated heterocycles. The zero-order chi connectivity index (χ0) is 22.6. The van der Waals surface area contributed by atoms with E-state index in [2.05, 4.69) is 10.1 Å². The molecule has 162 valence electrons. The first-order chi connectivity index (χ1) is 15.4. The van der Waals surface area contributed by atoms with Crippen LogP contribution in [0.25, 0.3) is 22.2 Å². The Bertz CT molecular complexity index is 1380. The second-order valence-corrected chi connectivity index (χ2v) is 8.30. The number of carbonyl (C=O) groups excluding carboxylic acids is 1. The molecule has 3 heterocycles. The minimum Gasteiger partial charge on any atom is -0.330 e. The first-order valence-corrected chi connectivity index (χ1v) is 10.6. The molecule has 5 nitrogen and oxygen atoms in total. The Morgan fingerprint density at radius 3 is 2.78 bits per heavy atom. The molecule has 0 unspecified atom stereocenters. The zero-order valence-corrected chi connectivity index (χ0v) is 18.2. The topological polar surface area (TPSA) is 51.0 Å². The van der Waals surface area contributed by atoms with Crippen molar-refractivity contribution >= 4 is 28.4 Å². The summed E-state index contributed by atoms with van der Waals surface area (Å²) in [5.41, 5.74) is 3.50. The Kier molecular flexibility index (Phi) is 4.93. The van der Waals surface area contributed by atoms with E-state index in [-0.39, 0.29) is 22.5 Å². The fourth-order valence-electron chi connectivity index (χ4n) is 4.44. The summed E-state index contributed by atoms with van der Waals surface area (Å²) in [6.07, 6.45) is 2.19. The lowest BCUT2D eigenvalue weighted by molar-refractivity contribution is 0.0674. The van der Waals surface area contributed by atoms with Gasteiger partial charge in [-0.15, -0.1) is 0 Å². The molecule has 0 aliphatic carbocycles.